The molecule has 27 heavy (non-hydrogen) atoms. The summed E-state index contributed by atoms with van der Waals surface area (Å²) in [6.07, 6.45) is -4.62. The van der Waals surface area contributed by atoms with Crippen molar-refractivity contribution in [1.82, 2.24) is 10.6 Å². The lowest BCUT2D eigenvalue weighted by Crippen LogP contribution is -2.35. The van der Waals surface area contributed by atoms with Crippen molar-refractivity contribution >= 4 is 11.8 Å². The van der Waals surface area contributed by atoms with Crippen LogP contribution in [0.5, 0.6) is 5.75 Å². The zero-order valence-corrected chi connectivity index (χ0v) is 14.6. The lowest BCUT2D eigenvalue weighted by molar-refractivity contribution is -0.137. The average molecular weight is 380 g/mol. The van der Waals surface area contributed by atoms with Gasteiger partial charge in [0.15, 0.2) is 0 Å². The molecule has 0 fully saturated rings. The molecule has 0 spiro atoms. The highest BCUT2D eigenvalue weighted by atomic mass is 19.4. The van der Waals surface area contributed by atoms with Crippen LogP contribution >= 0.6 is 0 Å². The first-order valence-corrected chi connectivity index (χ1v) is 8.28. The number of amides is 2. The van der Waals surface area contributed by atoms with Crippen LogP contribution < -0.4 is 15.4 Å². The van der Waals surface area contributed by atoms with E-state index in [1.54, 1.807) is 24.3 Å². The van der Waals surface area contributed by atoms with Gasteiger partial charge in [-0.15, -0.1) is 0 Å². The van der Waals surface area contributed by atoms with Crippen molar-refractivity contribution in [2.45, 2.75) is 13.1 Å². The summed E-state index contributed by atoms with van der Waals surface area (Å²) in [6.45, 7) is 2.44. The van der Waals surface area contributed by atoms with E-state index in [1.165, 1.54) is 12.1 Å². The van der Waals surface area contributed by atoms with Gasteiger partial charge in [0, 0.05) is 18.7 Å². The second-order valence-electron chi connectivity index (χ2n) is 5.51. The molecular weight excluding hydrogens is 361 g/mol. The van der Waals surface area contributed by atoms with Crippen molar-refractivity contribution in [1.29, 1.82) is 0 Å². The highest BCUT2D eigenvalue weighted by Crippen LogP contribution is 2.31. The maximum Gasteiger partial charge on any atom is 0.417 e. The van der Waals surface area contributed by atoms with Gasteiger partial charge in [0.05, 0.1) is 17.7 Å². The third-order valence-corrected chi connectivity index (χ3v) is 3.60. The topological polar surface area (TPSA) is 67.4 Å². The summed E-state index contributed by atoms with van der Waals surface area (Å²) in [6, 6.07) is 11.0. The molecule has 0 aromatic heterocycles. The smallest absolute Gasteiger partial charge is 0.417 e. The number of ether oxygens (including phenoxy) is 1. The SMILES string of the molecule is CCOc1ccc(C(=O)NCCNC(=O)c2ccccc2C(F)(F)F)cc1. The fraction of sp³-hybridized carbons (Fsp3) is 0.263. The van der Waals surface area contributed by atoms with Crippen molar-refractivity contribution in [2.24, 2.45) is 0 Å². The fourth-order valence-electron chi connectivity index (χ4n) is 2.35. The Morgan fingerprint density at radius 2 is 1.52 bits per heavy atom. The number of benzene rings is 2. The number of rotatable bonds is 7. The molecule has 144 valence electrons. The second kappa shape index (κ2) is 9.07. The molecule has 2 N–H and O–H groups in total. The molecule has 0 saturated heterocycles. The maximum atomic E-state index is 12.9. The molecule has 5 nitrogen and oxygen atoms in total. The van der Waals surface area contributed by atoms with E-state index < -0.39 is 23.2 Å². The zero-order chi connectivity index (χ0) is 19.9. The van der Waals surface area contributed by atoms with E-state index in [4.69, 9.17) is 4.74 Å². The minimum absolute atomic E-state index is 0.00616. The zero-order valence-electron chi connectivity index (χ0n) is 14.6. The predicted molar refractivity (Wildman–Crippen MR) is 93.7 cm³/mol. The molecule has 0 aliphatic rings. The van der Waals surface area contributed by atoms with Crippen LogP contribution in [0.4, 0.5) is 13.2 Å². The number of alkyl halides is 3. The van der Waals surface area contributed by atoms with Gasteiger partial charge in [0.2, 0.25) is 0 Å². The van der Waals surface area contributed by atoms with E-state index in [-0.39, 0.29) is 19.0 Å². The van der Waals surface area contributed by atoms with Crippen LogP contribution in [0, 0.1) is 0 Å². The van der Waals surface area contributed by atoms with E-state index in [2.05, 4.69) is 10.6 Å². The summed E-state index contributed by atoms with van der Waals surface area (Å²) in [5.74, 6) is -0.564. The van der Waals surface area contributed by atoms with Crippen LogP contribution in [-0.4, -0.2) is 31.5 Å². The Hall–Kier alpha value is -3.03. The molecular formula is C19H19F3N2O3. The monoisotopic (exact) mass is 380 g/mol. The van der Waals surface area contributed by atoms with Crippen LogP contribution in [0.25, 0.3) is 0 Å². The number of nitrogens with one attached hydrogen (secondary N) is 2. The summed E-state index contributed by atoms with van der Waals surface area (Å²) in [5, 5.41) is 4.96. The van der Waals surface area contributed by atoms with E-state index in [1.807, 2.05) is 6.92 Å². The Kier molecular flexibility index (Phi) is 6.81. The Bertz CT molecular complexity index is 790. The van der Waals surface area contributed by atoms with Crippen LogP contribution in [-0.2, 0) is 6.18 Å². The Labute approximate surface area is 154 Å². The normalized spacial score (nSPS) is 11.0. The molecule has 0 saturated carbocycles. The molecule has 0 atom stereocenters. The van der Waals surface area contributed by atoms with Crippen LogP contribution in [0.1, 0.15) is 33.2 Å². The van der Waals surface area contributed by atoms with Crippen LogP contribution in [0.3, 0.4) is 0 Å². The van der Waals surface area contributed by atoms with Gasteiger partial charge in [-0.3, -0.25) is 9.59 Å². The summed E-state index contributed by atoms with van der Waals surface area (Å²) >= 11 is 0. The van der Waals surface area contributed by atoms with Gasteiger partial charge in [-0.2, -0.15) is 13.2 Å². The Balaban J connectivity index is 1.85. The van der Waals surface area contributed by atoms with E-state index >= 15 is 0 Å². The number of carbonyl (C=O) groups is 2. The molecule has 0 unspecified atom stereocenters. The molecule has 2 rings (SSSR count). The number of halogens is 3. The van der Waals surface area contributed by atoms with E-state index in [9.17, 15) is 22.8 Å². The minimum atomic E-state index is -4.62. The summed E-state index contributed by atoms with van der Waals surface area (Å²) in [4.78, 5) is 24.0. The van der Waals surface area contributed by atoms with Gasteiger partial charge in [-0.1, -0.05) is 12.1 Å². The standard InChI is InChI=1S/C19H19F3N2O3/c1-2-27-14-9-7-13(8-10-14)17(25)23-11-12-24-18(26)15-5-3-4-6-16(15)19(20,21)22/h3-10H,2,11-12H2,1H3,(H,23,25)(H,24,26). The van der Waals surface area contributed by atoms with E-state index in [0.717, 1.165) is 12.1 Å². The van der Waals surface area contributed by atoms with Gasteiger partial charge in [0.1, 0.15) is 5.75 Å². The molecule has 2 aromatic carbocycles. The van der Waals surface area contributed by atoms with Gasteiger partial charge in [-0.25, -0.2) is 0 Å². The summed E-state index contributed by atoms with van der Waals surface area (Å²) in [5.41, 5.74) is -1.05. The first-order chi connectivity index (χ1) is 12.8. The quantitative estimate of drug-likeness (QED) is 0.725. The summed E-state index contributed by atoms with van der Waals surface area (Å²) in [7, 11) is 0. The fourth-order valence-corrected chi connectivity index (χ4v) is 2.35. The number of hydrogen-bond acceptors (Lipinski definition) is 3. The molecule has 8 heteroatoms. The molecule has 0 bridgehead atoms. The highest BCUT2D eigenvalue weighted by molar-refractivity contribution is 5.96. The summed E-state index contributed by atoms with van der Waals surface area (Å²) < 4.78 is 44.0. The van der Waals surface area contributed by atoms with Crippen molar-refractivity contribution in [3.8, 4) is 5.75 Å². The third-order valence-electron chi connectivity index (χ3n) is 3.60. The molecule has 0 heterocycles. The number of hydrogen-bond donors (Lipinski definition) is 2. The Morgan fingerprint density at radius 1 is 0.926 bits per heavy atom. The third kappa shape index (κ3) is 5.73. The van der Waals surface area contributed by atoms with Crippen molar-refractivity contribution in [3.63, 3.8) is 0 Å². The highest BCUT2D eigenvalue weighted by Gasteiger charge is 2.34. The van der Waals surface area contributed by atoms with Crippen LogP contribution in [0.2, 0.25) is 0 Å². The molecule has 0 aliphatic heterocycles. The largest absolute Gasteiger partial charge is 0.494 e. The molecule has 2 amide bonds. The van der Waals surface area contributed by atoms with E-state index in [0.29, 0.717) is 17.9 Å². The molecule has 2 aromatic rings. The van der Waals surface area contributed by atoms with Gasteiger partial charge in [-0.05, 0) is 43.3 Å². The second-order valence-corrected chi connectivity index (χ2v) is 5.51. The van der Waals surface area contributed by atoms with Crippen molar-refractivity contribution < 1.29 is 27.5 Å². The van der Waals surface area contributed by atoms with Crippen molar-refractivity contribution in [2.75, 3.05) is 19.7 Å². The van der Waals surface area contributed by atoms with Crippen LogP contribution in [0.15, 0.2) is 48.5 Å². The Morgan fingerprint density at radius 3 is 2.11 bits per heavy atom. The predicted octanol–water partition coefficient (Wildman–Crippen LogP) is 3.26. The minimum Gasteiger partial charge on any atom is -0.494 e. The molecule has 0 radical (unpaired) electrons. The van der Waals surface area contributed by atoms with Gasteiger partial charge >= 0.3 is 6.18 Å². The lowest BCUT2D eigenvalue weighted by atomic mass is 10.1. The van der Waals surface area contributed by atoms with Crippen molar-refractivity contribution in [3.05, 3.63) is 65.2 Å². The van der Waals surface area contributed by atoms with Gasteiger partial charge < -0.3 is 15.4 Å². The lowest BCUT2D eigenvalue weighted by Gasteiger charge is -2.13. The first-order valence-electron chi connectivity index (χ1n) is 8.28. The van der Waals surface area contributed by atoms with Gasteiger partial charge in [0.25, 0.3) is 11.8 Å². The average Bonchev–Trinajstić information content (AvgIpc) is 2.65. The number of carbonyl (C=O) groups excluding carboxylic acids is 2. The maximum absolute atomic E-state index is 12.9. The first kappa shape index (κ1) is 20.3. The molecule has 0 aliphatic carbocycles.